The Kier molecular flexibility index (Phi) is 3.91. The summed E-state index contributed by atoms with van der Waals surface area (Å²) in [7, 11) is 0. The molecule has 1 amide bonds. The number of nitrogens with two attached hydrogens (primary N) is 1. The molecule has 0 radical (unpaired) electrons. The van der Waals surface area contributed by atoms with E-state index in [1.54, 1.807) is 6.92 Å². The Morgan fingerprint density at radius 2 is 2.37 bits per heavy atom. The number of carbonyl (C=O) groups is 1. The lowest BCUT2D eigenvalue weighted by Crippen LogP contribution is -2.56. The predicted molar refractivity (Wildman–Crippen MR) is 71.4 cm³/mol. The molecular weight excluding hydrogens is 244 g/mol. The van der Waals surface area contributed by atoms with Crippen LogP contribution in [0.3, 0.4) is 0 Å². The standard InChI is InChI=1S/C13H22N4O2/c1-10(2)17-11(4-5-15-17)8-16-6-7-19-13(3,9-16)12(14)18/h4-5,10H,6-9H2,1-3H3,(H2,14,18)/t13-/m1/s1. The molecule has 0 unspecified atom stereocenters. The van der Waals surface area contributed by atoms with Crippen molar-refractivity contribution in [1.29, 1.82) is 0 Å². The first-order valence-electron chi connectivity index (χ1n) is 6.61. The highest BCUT2D eigenvalue weighted by atomic mass is 16.5. The number of nitrogens with zero attached hydrogens (tertiary/aromatic N) is 3. The molecule has 0 aliphatic carbocycles. The lowest BCUT2D eigenvalue weighted by Gasteiger charge is -2.38. The molecule has 1 fully saturated rings. The number of morpholine rings is 1. The van der Waals surface area contributed by atoms with Crippen LogP contribution in [-0.4, -0.2) is 45.9 Å². The SMILES string of the molecule is CC(C)n1nccc1CN1CCO[C@@](C)(C(N)=O)C1. The zero-order chi connectivity index (χ0) is 14.0. The molecule has 0 spiro atoms. The zero-order valence-corrected chi connectivity index (χ0v) is 11.8. The van der Waals surface area contributed by atoms with Crippen LogP contribution in [0.15, 0.2) is 12.3 Å². The van der Waals surface area contributed by atoms with Crippen LogP contribution in [0.2, 0.25) is 0 Å². The van der Waals surface area contributed by atoms with Gasteiger partial charge in [0.15, 0.2) is 5.60 Å². The Morgan fingerprint density at radius 1 is 1.63 bits per heavy atom. The lowest BCUT2D eigenvalue weighted by atomic mass is 10.0. The Labute approximate surface area is 113 Å². The molecule has 6 heteroatoms. The van der Waals surface area contributed by atoms with Gasteiger partial charge >= 0.3 is 0 Å². The monoisotopic (exact) mass is 266 g/mol. The Balaban J connectivity index is 2.07. The van der Waals surface area contributed by atoms with E-state index in [9.17, 15) is 4.79 Å². The summed E-state index contributed by atoms with van der Waals surface area (Å²) in [4.78, 5) is 13.6. The molecule has 1 aliphatic rings. The van der Waals surface area contributed by atoms with Gasteiger partial charge in [-0.3, -0.25) is 14.4 Å². The van der Waals surface area contributed by atoms with E-state index in [0.29, 0.717) is 19.2 Å². The van der Waals surface area contributed by atoms with Crippen molar-refractivity contribution in [3.05, 3.63) is 18.0 Å². The van der Waals surface area contributed by atoms with Gasteiger partial charge in [-0.1, -0.05) is 0 Å². The van der Waals surface area contributed by atoms with E-state index >= 15 is 0 Å². The number of rotatable bonds is 4. The minimum absolute atomic E-state index is 0.327. The largest absolute Gasteiger partial charge is 0.367 e. The van der Waals surface area contributed by atoms with Crippen molar-refractivity contribution in [2.24, 2.45) is 5.73 Å². The summed E-state index contributed by atoms with van der Waals surface area (Å²) in [5.41, 5.74) is 5.66. The number of hydrogen-bond donors (Lipinski definition) is 1. The molecule has 19 heavy (non-hydrogen) atoms. The molecule has 0 bridgehead atoms. The highest BCUT2D eigenvalue weighted by Crippen LogP contribution is 2.19. The predicted octanol–water partition coefficient (Wildman–Crippen LogP) is 0.540. The van der Waals surface area contributed by atoms with Crippen LogP contribution in [0.4, 0.5) is 0 Å². The van der Waals surface area contributed by atoms with E-state index in [4.69, 9.17) is 10.5 Å². The summed E-state index contributed by atoms with van der Waals surface area (Å²) in [5.74, 6) is -0.408. The van der Waals surface area contributed by atoms with Gasteiger partial charge in [0.2, 0.25) is 0 Å². The van der Waals surface area contributed by atoms with Crippen LogP contribution in [0.25, 0.3) is 0 Å². The smallest absolute Gasteiger partial charge is 0.250 e. The first kappa shape index (κ1) is 14.0. The van der Waals surface area contributed by atoms with Gasteiger partial charge in [0, 0.05) is 31.9 Å². The molecule has 1 aliphatic heterocycles. The van der Waals surface area contributed by atoms with Crippen LogP contribution >= 0.6 is 0 Å². The second-order valence-electron chi connectivity index (χ2n) is 5.52. The molecule has 2 rings (SSSR count). The lowest BCUT2D eigenvalue weighted by molar-refractivity contribution is -0.153. The highest BCUT2D eigenvalue weighted by Gasteiger charge is 2.37. The van der Waals surface area contributed by atoms with Crippen LogP contribution in [0, 0.1) is 0 Å². The fourth-order valence-corrected chi connectivity index (χ4v) is 2.40. The summed E-state index contributed by atoms with van der Waals surface area (Å²) in [6.07, 6.45) is 1.81. The average Bonchev–Trinajstić information content (AvgIpc) is 2.77. The minimum Gasteiger partial charge on any atom is -0.367 e. The Morgan fingerprint density at radius 3 is 3.00 bits per heavy atom. The normalized spacial score (nSPS) is 24.8. The fraction of sp³-hybridized carbons (Fsp3) is 0.692. The van der Waals surface area contributed by atoms with Crippen molar-refractivity contribution >= 4 is 5.91 Å². The molecule has 2 heterocycles. The molecule has 0 aromatic carbocycles. The Hall–Kier alpha value is -1.40. The molecule has 0 saturated carbocycles. The van der Waals surface area contributed by atoms with Crippen molar-refractivity contribution in [1.82, 2.24) is 14.7 Å². The van der Waals surface area contributed by atoms with Gasteiger partial charge < -0.3 is 10.5 Å². The van der Waals surface area contributed by atoms with Gasteiger partial charge in [0.25, 0.3) is 5.91 Å². The number of carbonyl (C=O) groups excluding carboxylic acids is 1. The molecule has 2 N–H and O–H groups in total. The van der Waals surface area contributed by atoms with Gasteiger partial charge in [0.05, 0.1) is 12.3 Å². The summed E-state index contributed by atoms with van der Waals surface area (Å²) in [6.45, 7) is 8.55. The first-order valence-corrected chi connectivity index (χ1v) is 6.61. The van der Waals surface area contributed by atoms with E-state index in [1.807, 2.05) is 16.9 Å². The topological polar surface area (TPSA) is 73.4 Å². The quantitative estimate of drug-likeness (QED) is 0.863. The summed E-state index contributed by atoms with van der Waals surface area (Å²) >= 11 is 0. The molecule has 1 aromatic heterocycles. The van der Waals surface area contributed by atoms with E-state index in [0.717, 1.165) is 18.8 Å². The van der Waals surface area contributed by atoms with Gasteiger partial charge in [-0.2, -0.15) is 5.10 Å². The van der Waals surface area contributed by atoms with Gasteiger partial charge in [0.1, 0.15) is 0 Å². The maximum atomic E-state index is 11.5. The van der Waals surface area contributed by atoms with Crippen molar-refractivity contribution < 1.29 is 9.53 Å². The summed E-state index contributed by atoms with van der Waals surface area (Å²) in [5, 5.41) is 4.32. The van der Waals surface area contributed by atoms with Crippen LogP contribution < -0.4 is 5.73 Å². The van der Waals surface area contributed by atoms with E-state index in [-0.39, 0.29) is 0 Å². The van der Waals surface area contributed by atoms with Crippen LogP contribution in [0.1, 0.15) is 32.5 Å². The number of hydrogen-bond acceptors (Lipinski definition) is 4. The van der Waals surface area contributed by atoms with E-state index in [2.05, 4.69) is 23.8 Å². The third kappa shape index (κ3) is 2.96. The second-order valence-corrected chi connectivity index (χ2v) is 5.52. The molecule has 1 aromatic rings. The fourth-order valence-electron chi connectivity index (χ4n) is 2.40. The number of aromatic nitrogens is 2. The van der Waals surface area contributed by atoms with Gasteiger partial charge in [-0.05, 0) is 26.8 Å². The summed E-state index contributed by atoms with van der Waals surface area (Å²) < 4.78 is 7.51. The maximum Gasteiger partial charge on any atom is 0.250 e. The summed E-state index contributed by atoms with van der Waals surface area (Å²) in [6, 6.07) is 2.34. The Bertz CT molecular complexity index is 457. The number of primary amides is 1. The zero-order valence-electron chi connectivity index (χ0n) is 11.8. The first-order chi connectivity index (χ1) is 8.92. The number of amides is 1. The third-order valence-electron chi connectivity index (χ3n) is 3.50. The van der Waals surface area contributed by atoms with Crippen LogP contribution in [0.5, 0.6) is 0 Å². The van der Waals surface area contributed by atoms with Crippen molar-refractivity contribution in [2.75, 3.05) is 19.7 Å². The third-order valence-corrected chi connectivity index (χ3v) is 3.50. The number of ether oxygens (including phenoxy) is 1. The second kappa shape index (κ2) is 5.30. The minimum atomic E-state index is -0.888. The van der Waals surface area contributed by atoms with E-state index in [1.165, 1.54) is 0 Å². The van der Waals surface area contributed by atoms with Gasteiger partial charge in [-0.15, -0.1) is 0 Å². The molecule has 1 atom stereocenters. The maximum absolute atomic E-state index is 11.5. The van der Waals surface area contributed by atoms with E-state index < -0.39 is 11.5 Å². The molecular formula is C13H22N4O2. The van der Waals surface area contributed by atoms with Gasteiger partial charge in [-0.25, -0.2) is 0 Å². The molecule has 106 valence electrons. The van der Waals surface area contributed by atoms with Crippen molar-refractivity contribution in [3.8, 4) is 0 Å². The molecule has 6 nitrogen and oxygen atoms in total. The highest BCUT2D eigenvalue weighted by molar-refractivity contribution is 5.83. The molecule has 1 saturated heterocycles. The van der Waals surface area contributed by atoms with Crippen LogP contribution in [-0.2, 0) is 16.1 Å². The van der Waals surface area contributed by atoms with Crippen molar-refractivity contribution in [2.45, 2.75) is 39.0 Å². The van der Waals surface area contributed by atoms with Crippen molar-refractivity contribution in [3.63, 3.8) is 0 Å². The average molecular weight is 266 g/mol.